The van der Waals surface area contributed by atoms with E-state index in [1.165, 1.54) is 17.0 Å². The van der Waals surface area contributed by atoms with Gasteiger partial charge < -0.3 is 24.6 Å². The molecule has 1 aliphatic heterocycles. The summed E-state index contributed by atoms with van der Waals surface area (Å²) < 4.78 is 10.6. The Morgan fingerprint density at radius 3 is 2.58 bits per heavy atom. The summed E-state index contributed by atoms with van der Waals surface area (Å²) in [5.74, 6) is -1.00. The van der Waals surface area contributed by atoms with Gasteiger partial charge in [-0.25, -0.2) is 0 Å². The molecule has 1 amide bonds. The Balaban J connectivity index is 2.11. The lowest BCUT2D eigenvalue weighted by atomic mass is 9.94. The van der Waals surface area contributed by atoms with Crippen LogP contribution in [0.4, 0.5) is 0 Å². The molecule has 2 aromatic carbocycles. The van der Waals surface area contributed by atoms with Gasteiger partial charge in [0, 0.05) is 25.8 Å². The molecule has 164 valence electrons. The van der Waals surface area contributed by atoms with E-state index in [1.54, 1.807) is 37.4 Å². The molecule has 7 nitrogen and oxygen atoms in total. The second-order valence-corrected chi connectivity index (χ2v) is 7.35. The number of likely N-dealkylation sites (tertiary alicyclic amines) is 1. The number of hydrogen-bond acceptors (Lipinski definition) is 6. The molecule has 1 fully saturated rings. The first-order valence-electron chi connectivity index (χ1n) is 10.2. The minimum absolute atomic E-state index is 0.00317. The summed E-state index contributed by atoms with van der Waals surface area (Å²) in [6.45, 7) is 4.94. The second-order valence-electron chi connectivity index (χ2n) is 7.35. The molecule has 2 N–H and O–H groups in total. The number of phenols is 1. The fourth-order valence-corrected chi connectivity index (χ4v) is 3.80. The number of aliphatic hydroxyl groups is 1. The van der Waals surface area contributed by atoms with E-state index >= 15 is 0 Å². The summed E-state index contributed by atoms with van der Waals surface area (Å²) in [5, 5.41) is 21.1. The van der Waals surface area contributed by atoms with Crippen LogP contribution in [0.1, 0.15) is 36.1 Å². The largest absolute Gasteiger partial charge is 0.508 e. The highest BCUT2D eigenvalue weighted by atomic mass is 16.5. The lowest BCUT2D eigenvalue weighted by Crippen LogP contribution is -2.31. The number of aromatic hydroxyl groups is 1. The van der Waals surface area contributed by atoms with Crippen molar-refractivity contribution in [2.45, 2.75) is 26.3 Å². The number of nitrogens with zero attached hydrogens (tertiary/aromatic N) is 1. The summed E-state index contributed by atoms with van der Waals surface area (Å²) in [5.41, 5.74) is 1.76. The van der Waals surface area contributed by atoms with Gasteiger partial charge in [0.25, 0.3) is 11.7 Å². The van der Waals surface area contributed by atoms with E-state index in [-0.39, 0.29) is 23.6 Å². The van der Waals surface area contributed by atoms with Crippen molar-refractivity contribution in [1.82, 2.24) is 4.90 Å². The third-order valence-corrected chi connectivity index (χ3v) is 5.22. The zero-order valence-electron chi connectivity index (χ0n) is 17.9. The minimum Gasteiger partial charge on any atom is -0.508 e. The lowest BCUT2D eigenvalue weighted by molar-refractivity contribution is -0.140. The maximum absolute atomic E-state index is 13.0. The van der Waals surface area contributed by atoms with Gasteiger partial charge in [-0.2, -0.15) is 0 Å². The van der Waals surface area contributed by atoms with Crippen LogP contribution in [-0.2, 0) is 14.3 Å². The van der Waals surface area contributed by atoms with Crippen molar-refractivity contribution in [1.29, 1.82) is 0 Å². The Kier molecular flexibility index (Phi) is 6.97. The molecule has 0 aromatic heterocycles. The van der Waals surface area contributed by atoms with Crippen LogP contribution in [-0.4, -0.2) is 53.7 Å². The van der Waals surface area contributed by atoms with Crippen molar-refractivity contribution in [3.05, 3.63) is 64.7 Å². The van der Waals surface area contributed by atoms with E-state index in [1.807, 2.05) is 13.8 Å². The molecule has 1 heterocycles. The predicted octanol–water partition coefficient (Wildman–Crippen LogP) is 3.56. The summed E-state index contributed by atoms with van der Waals surface area (Å²) in [6, 6.07) is 10.7. The number of ether oxygens (including phenoxy) is 2. The van der Waals surface area contributed by atoms with Gasteiger partial charge in [-0.05, 0) is 61.7 Å². The molecule has 0 bridgehead atoms. The lowest BCUT2D eigenvalue weighted by Gasteiger charge is -2.25. The van der Waals surface area contributed by atoms with Crippen molar-refractivity contribution >= 4 is 17.4 Å². The fourth-order valence-electron chi connectivity index (χ4n) is 3.80. The van der Waals surface area contributed by atoms with Crippen LogP contribution in [0.3, 0.4) is 0 Å². The average Bonchev–Trinajstić information content (AvgIpc) is 3.00. The van der Waals surface area contributed by atoms with Crippen molar-refractivity contribution < 1.29 is 29.3 Å². The summed E-state index contributed by atoms with van der Waals surface area (Å²) in [4.78, 5) is 27.2. The zero-order valence-corrected chi connectivity index (χ0v) is 17.9. The smallest absolute Gasteiger partial charge is 0.295 e. The van der Waals surface area contributed by atoms with Gasteiger partial charge >= 0.3 is 0 Å². The Morgan fingerprint density at radius 2 is 1.94 bits per heavy atom. The van der Waals surface area contributed by atoms with Crippen molar-refractivity contribution in [2.75, 3.05) is 26.9 Å². The number of carbonyl (C=O) groups is 2. The highest BCUT2D eigenvalue weighted by Gasteiger charge is 2.45. The van der Waals surface area contributed by atoms with Crippen molar-refractivity contribution in [2.24, 2.45) is 0 Å². The Labute approximate surface area is 181 Å². The van der Waals surface area contributed by atoms with Gasteiger partial charge in [0.15, 0.2) is 0 Å². The third kappa shape index (κ3) is 4.56. The van der Waals surface area contributed by atoms with E-state index in [2.05, 4.69) is 0 Å². The fraction of sp³-hybridized carbons (Fsp3) is 0.333. The molecule has 1 unspecified atom stereocenters. The Bertz CT molecular complexity index is 1010. The maximum atomic E-state index is 13.0. The van der Waals surface area contributed by atoms with Crippen LogP contribution in [0.25, 0.3) is 5.76 Å². The molecular formula is C24H27NO6. The van der Waals surface area contributed by atoms with E-state index in [0.29, 0.717) is 36.5 Å². The number of aryl methyl sites for hydroxylation is 1. The van der Waals surface area contributed by atoms with E-state index in [0.717, 1.165) is 5.56 Å². The number of amides is 1. The number of Topliss-reactive ketones (excluding diaryl/α,β-unsaturated/α-hetero) is 1. The summed E-state index contributed by atoms with van der Waals surface area (Å²) in [6.07, 6.45) is 0.529. The van der Waals surface area contributed by atoms with Gasteiger partial charge in [-0.15, -0.1) is 0 Å². The van der Waals surface area contributed by atoms with Gasteiger partial charge in [-0.1, -0.05) is 12.1 Å². The molecular weight excluding hydrogens is 398 g/mol. The number of benzene rings is 2. The molecule has 0 spiro atoms. The predicted molar refractivity (Wildman–Crippen MR) is 116 cm³/mol. The number of carbonyl (C=O) groups excluding carboxylic acids is 2. The highest BCUT2D eigenvalue weighted by Crippen LogP contribution is 2.40. The standard InChI is InChI=1S/C24H27NO6/c1-4-31-19-10-9-17(13-15(19)2)22(27)20-21(16-7-5-8-18(26)14-16)25(11-6-12-30-3)24(29)23(20)28/h5,7-10,13-14,21,26-27H,4,6,11-12H2,1-3H3/b22-20-. The quantitative estimate of drug-likeness (QED) is 0.291. The first kappa shape index (κ1) is 22.4. The number of methoxy groups -OCH3 is 1. The van der Waals surface area contributed by atoms with Gasteiger partial charge in [0.2, 0.25) is 0 Å². The molecule has 31 heavy (non-hydrogen) atoms. The zero-order chi connectivity index (χ0) is 22.5. The molecule has 1 atom stereocenters. The topological polar surface area (TPSA) is 96.3 Å². The van der Waals surface area contributed by atoms with Crippen LogP contribution in [0, 0.1) is 6.92 Å². The van der Waals surface area contributed by atoms with Crippen molar-refractivity contribution in [3.63, 3.8) is 0 Å². The van der Waals surface area contributed by atoms with E-state index in [9.17, 15) is 19.8 Å². The second kappa shape index (κ2) is 9.66. The normalized spacial score (nSPS) is 17.9. The highest BCUT2D eigenvalue weighted by molar-refractivity contribution is 6.46. The van der Waals surface area contributed by atoms with Crippen LogP contribution in [0.5, 0.6) is 11.5 Å². The third-order valence-electron chi connectivity index (χ3n) is 5.22. The SMILES string of the molecule is CCOc1ccc(/C(O)=C2/C(=O)C(=O)N(CCCOC)C2c2cccc(O)c2)cc1C. The Morgan fingerprint density at radius 1 is 1.16 bits per heavy atom. The van der Waals surface area contributed by atoms with Crippen LogP contribution in [0.15, 0.2) is 48.0 Å². The first-order chi connectivity index (χ1) is 14.9. The maximum Gasteiger partial charge on any atom is 0.295 e. The summed E-state index contributed by atoms with van der Waals surface area (Å²) >= 11 is 0. The number of phenolic OH excluding ortho intramolecular Hbond substituents is 1. The average molecular weight is 425 g/mol. The van der Waals surface area contributed by atoms with Gasteiger partial charge in [0.05, 0.1) is 18.2 Å². The summed E-state index contributed by atoms with van der Waals surface area (Å²) in [7, 11) is 1.56. The molecule has 3 rings (SSSR count). The van der Waals surface area contributed by atoms with Gasteiger partial charge in [-0.3, -0.25) is 9.59 Å². The Hall–Kier alpha value is -3.32. The molecule has 7 heteroatoms. The number of aliphatic hydroxyl groups excluding tert-OH is 1. The molecule has 0 saturated carbocycles. The number of rotatable bonds is 8. The van der Waals surface area contributed by atoms with Crippen molar-refractivity contribution in [3.8, 4) is 11.5 Å². The molecule has 0 aliphatic carbocycles. The van der Waals surface area contributed by atoms with Crippen LogP contribution < -0.4 is 4.74 Å². The molecule has 1 saturated heterocycles. The number of hydrogen-bond donors (Lipinski definition) is 2. The van der Waals surface area contributed by atoms with Crippen LogP contribution >= 0.6 is 0 Å². The first-order valence-corrected chi connectivity index (χ1v) is 10.2. The monoisotopic (exact) mass is 425 g/mol. The molecule has 2 aromatic rings. The van der Waals surface area contributed by atoms with Crippen LogP contribution in [0.2, 0.25) is 0 Å². The minimum atomic E-state index is -0.809. The number of ketones is 1. The van der Waals surface area contributed by atoms with E-state index in [4.69, 9.17) is 9.47 Å². The molecule has 0 radical (unpaired) electrons. The molecule has 1 aliphatic rings. The van der Waals surface area contributed by atoms with E-state index < -0.39 is 17.7 Å². The van der Waals surface area contributed by atoms with Gasteiger partial charge in [0.1, 0.15) is 17.3 Å².